The van der Waals surface area contributed by atoms with Crippen molar-refractivity contribution in [1.29, 1.82) is 0 Å². The number of ketones is 1. The summed E-state index contributed by atoms with van der Waals surface area (Å²) in [6.07, 6.45) is 3.10. The van der Waals surface area contributed by atoms with Crippen molar-refractivity contribution in [2.75, 3.05) is 13.2 Å². The van der Waals surface area contributed by atoms with Gasteiger partial charge in [-0.3, -0.25) is 9.59 Å². The molecule has 1 saturated heterocycles. The van der Waals surface area contributed by atoms with Gasteiger partial charge in [0.2, 0.25) is 0 Å². The summed E-state index contributed by atoms with van der Waals surface area (Å²) in [5.41, 5.74) is 1.10. The van der Waals surface area contributed by atoms with Crippen LogP contribution < -0.4 is 4.74 Å². The van der Waals surface area contributed by atoms with Crippen molar-refractivity contribution in [3.8, 4) is 5.75 Å². The molecule has 0 spiro atoms. The van der Waals surface area contributed by atoms with Crippen molar-refractivity contribution in [3.05, 3.63) is 52.2 Å². The van der Waals surface area contributed by atoms with E-state index in [1.165, 1.54) is 11.3 Å². The Morgan fingerprint density at radius 3 is 2.84 bits per heavy atom. The molecular formula is C20H23NO3S. The van der Waals surface area contributed by atoms with Gasteiger partial charge >= 0.3 is 0 Å². The Morgan fingerprint density at radius 1 is 1.24 bits per heavy atom. The fraction of sp³-hybridized carbons (Fsp3) is 0.400. The maximum atomic E-state index is 12.6. The monoisotopic (exact) mass is 357 g/mol. The van der Waals surface area contributed by atoms with Gasteiger partial charge in [-0.2, -0.15) is 0 Å². The lowest BCUT2D eigenvalue weighted by Gasteiger charge is -2.24. The Balaban J connectivity index is 1.58. The summed E-state index contributed by atoms with van der Waals surface area (Å²) in [5, 5.41) is 1.91. The molecule has 2 heterocycles. The number of nitrogens with zero attached hydrogens (tertiary/aromatic N) is 1. The highest BCUT2D eigenvalue weighted by molar-refractivity contribution is 7.12. The molecule has 0 N–H and O–H groups in total. The Labute approximate surface area is 152 Å². The number of ether oxygens (including phenoxy) is 1. The molecule has 5 heteroatoms. The summed E-state index contributed by atoms with van der Waals surface area (Å²) in [7, 11) is 0. The van der Waals surface area contributed by atoms with Crippen LogP contribution in [0, 0.1) is 0 Å². The molecule has 2 aromatic rings. The molecule has 3 rings (SSSR count). The molecule has 25 heavy (non-hydrogen) atoms. The van der Waals surface area contributed by atoms with Gasteiger partial charge in [0.25, 0.3) is 5.91 Å². The number of amides is 1. The van der Waals surface area contributed by atoms with Crippen LogP contribution in [0.1, 0.15) is 41.4 Å². The van der Waals surface area contributed by atoms with E-state index in [0.717, 1.165) is 35.5 Å². The van der Waals surface area contributed by atoms with Crippen molar-refractivity contribution in [2.45, 2.75) is 38.6 Å². The third kappa shape index (κ3) is 4.28. The number of hydrogen-bond donors (Lipinski definition) is 0. The second kappa shape index (κ2) is 8.30. The van der Waals surface area contributed by atoms with Crippen molar-refractivity contribution in [3.63, 3.8) is 0 Å². The molecule has 0 aliphatic carbocycles. The SMILES string of the molecule is CCc1ccccc1OCC(=O)N1CCCC1CC(=O)c1cccs1. The molecule has 1 fully saturated rings. The molecule has 1 aliphatic heterocycles. The van der Waals surface area contributed by atoms with Gasteiger partial charge in [-0.1, -0.05) is 31.2 Å². The number of likely N-dealkylation sites (tertiary alicyclic amines) is 1. The Morgan fingerprint density at radius 2 is 2.08 bits per heavy atom. The summed E-state index contributed by atoms with van der Waals surface area (Å²) in [6, 6.07) is 11.5. The van der Waals surface area contributed by atoms with E-state index in [1.807, 2.05) is 46.7 Å². The van der Waals surface area contributed by atoms with Crippen molar-refractivity contribution < 1.29 is 14.3 Å². The largest absolute Gasteiger partial charge is 0.483 e. The molecule has 1 atom stereocenters. The number of para-hydroxylation sites is 1. The lowest BCUT2D eigenvalue weighted by atomic mass is 10.1. The third-order valence-electron chi connectivity index (χ3n) is 4.62. The van der Waals surface area contributed by atoms with Gasteiger partial charge in [-0.15, -0.1) is 11.3 Å². The minimum atomic E-state index is -0.0348. The number of aryl methyl sites for hydroxylation is 1. The summed E-state index contributed by atoms with van der Waals surface area (Å²) >= 11 is 1.46. The highest BCUT2D eigenvalue weighted by atomic mass is 32.1. The number of carbonyl (C=O) groups is 2. The maximum absolute atomic E-state index is 12.6. The average molecular weight is 357 g/mol. The van der Waals surface area contributed by atoms with Crippen LogP contribution in [0.3, 0.4) is 0 Å². The van der Waals surface area contributed by atoms with Crippen LogP contribution in [0.25, 0.3) is 0 Å². The van der Waals surface area contributed by atoms with Crippen LogP contribution in [0.2, 0.25) is 0 Å². The smallest absolute Gasteiger partial charge is 0.260 e. The lowest BCUT2D eigenvalue weighted by molar-refractivity contribution is -0.134. The maximum Gasteiger partial charge on any atom is 0.260 e. The van der Waals surface area contributed by atoms with E-state index < -0.39 is 0 Å². The molecule has 0 radical (unpaired) electrons. The van der Waals surface area contributed by atoms with Gasteiger partial charge in [0.15, 0.2) is 12.4 Å². The van der Waals surface area contributed by atoms with Crippen LogP contribution in [-0.2, 0) is 11.2 Å². The molecule has 1 unspecified atom stereocenters. The fourth-order valence-electron chi connectivity index (χ4n) is 3.29. The zero-order chi connectivity index (χ0) is 17.6. The molecule has 1 amide bonds. The Hall–Kier alpha value is -2.14. The molecule has 0 bridgehead atoms. The summed E-state index contributed by atoms with van der Waals surface area (Å²) < 4.78 is 5.75. The number of carbonyl (C=O) groups excluding carboxylic acids is 2. The van der Waals surface area contributed by atoms with Crippen molar-refractivity contribution >= 4 is 23.0 Å². The fourth-order valence-corrected chi connectivity index (χ4v) is 3.96. The lowest BCUT2D eigenvalue weighted by Crippen LogP contribution is -2.39. The van der Waals surface area contributed by atoms with E-state index in [4.69, 9.17) is 4.74 Å². The minimum Gasteiger partial charge on any atom is -0.483 e. The number of thiophene rings is 1. The molecule has 1 aromatic heterocycles. The summed E-state index contributed by atoms with van der Waals surface area (Å²) in [5.74, 6) is 0.855. The second-order valence-corrected chi connectivity index (χ2v) is 7.19. The van der Waals surface area contributed by atoms with Gasteiger partial charge in [0.05, 0.1) is 4.88 Å². The van der Waals surface area contributed by atoms with E-state index >= 15 is 0 Å². The third-order valence-corrected chi connectivity index (χ3v) is 5.53. The van der Waals surface area contributed by atoms with Crippen LogP contribution in [0.4, 0.5) is 0 Å². The number of hydrogen-bond acceptors (Lipinski definition) is 4. The van der Waals surface area contributed by atoms with Gasteiger partial charge < -0.3 is 9.64 Å². The average Bonchev–Trinajstić information content (AvgIpc) is 3.31. The van der Waals surface area contributed by atoms with E-state index in [1.54, 1.807) is 0 Å². The first kappa shape index (κ1) is 17.7. The highest BCUT2D eigenvalue weighted by Crippen LogP contribution is 2.24. The molecule has 1 aliphatic rings. The van der Waals surface area contributed by atoms with Crippen LogP contribution >= 0.6 is 11.3 Å². The van der Waals surface area contributed by atoms with Crippen LogP contribution in [-0.4, -0.2) is 35.8 Å². The zero-order valence-corrected chi connectivity index (χ0v) is 15.3. The van der Waals surface area contributed by atoms with Gasteiger partial charge in [0, 0.05) is 19.0 Å². The van der Waals surface area contributed by atoms with Crippen LogP contribution in [0.15, 0.2) is 41.8 Å². The minimum absolute atomic E-state index is 0.00730. The van der Waals surface area contributed by atoms with E-state index in [0.29, 0.717) is 13.0 Å². The van der Waals surface area contributed by atoms with Gasteiger partial charge in [0.1, 0.15) is 5.75 Å². The summed E-state index contributed by atoms with van der Waals surface area (Å²) in [4.78, 5) is 27.5. The molecular weight excluding hydrogens is 334 g/mol. The second-order valence-electron chi connectivity index (χ2n) is 6.24. The summed E-state index contributed by atoms with van der Waals surface area (Å²) in [6.45, 7) is 2.80. The van der Waals surface area contributed by atoms with E-state index in [2.05, 4.69) is 6.92 Å². The standard InChI is InChI=1S/C20H23NO3S/c1-2-15-7-3-4-9-18(15)24-14-20(23)21-11-5-8-16(21)13-17(22)19-10-6-12-25-19/h3-4,6-7,9-10,12,16H,2,5,8,11,13-14H2,1H3. The first-order valence-corrected chi connectivity index (χ1v) is 9.64. The molecule has 1 aromatic carbocycles. The Kier molecular flexibility index (Phi) is 5.87. The van der Waals surface area contributed by atoms with Crippen LogP contribution in [0.5, 0.6) is 5.75 Å². The number of rotatable bonds is 7. The van der Waals surface area contributed by atoms with Gasteiger partial charge in [-0.05, 0) is 42.3 Å². The molecule has 4 nitrogen and oxygen atoms in total. The number of benzene rings is 1. The molecule has 132 valence electrons. The first-order valence-electron chi connectivity index (χ1n) is 8.76. The Bertz CT molecular complexity index is 726. The predicted molar refractivity (Wildman–Crippen MR) is 99.3 cm³/mol. The first-order chi connectivity index (χ1) is 12.2. The van der Waals surface area contributed by atoms with Crippen molar-refractivity contribution in [1.82, 2.24) is 4.90 Å². The van der Waals surface area contributed by atoms with Gasteiger partial charge in [-0.25, -0.2) is 0 Å². The zero-order valence-electron chi connectivity index (χ0n) is 14.4. The van der Waals surface area contributed by atoms with Crippen molar-refractivity contribution in [2.24, 2.45) is 0 Å². The molecule has 0 saturated carbocycles. The quantitative estimate of drug-likeness (QED) is 0.705. The topological polar surface area (TPSA) is 46.6 Å². The van der Waals surface area contributed by atoms with E-state index in [-0.39, 0.29) is 24.3 Å². The predicted octanol–water partition coefficient (Wildman–Crippen LogP) is 3.95. The normalized spacial score (nSPS) is 16.8. The highest BCUT2D eigenvalue weighted by Gasteiger charge is 2.31. The number of Topliss-reactive ketones (excluding diaryl/α,β-unsaturated/α-hetero) is 1. The van der Waals surface area contributed by atoms with E-state index in [9.17, 15) is 9.59 Å².